The summed E-state index contributed by atoms with van der Waals surface area (Å²) in [6.07, 6.45) is 4.48. The number of nitrogens with one attached hydrogen (secondary N) is 2. The summed E-state index contributed by atoms with van der Waals surface area (Å²) in [6, 6.07) is 9.02. The number of hydrogen-bond donors (Lipinski definition) is 2. The average molecular weight is 285 g/mol. The highest BCUT2D eigenvalue weighted by molar-refractivity contribution is 5.92. The highest BCUT2D eigenvalue weighted by atomic mass is 16.2. The molecule has 0 atom stereocenters. The van der Waals surface area contributed by atoms with Crippen molar-refractivity contribution in [3.63, 3.8) is 0 Å². The number of nitrogens with zero attached hydrogens (tertiary/aromatic N) is 1. The molecular weight excluding hydrogens is 266 g/mol. The number of fused-ring (bicyclic) bond motifs is 1. The lowest BCUT2D eigenvalue weighted by Crippen LogP contribution is -2.36. The van der Waals surface area contributed by atoms with Gasteiger partial charge in [-0.05, 0) is 36.4 Å². The van der Waals surface area contributed by atoms with E-state index >= 15 is 0 Å². The van der Waals surface area contributed by atoms with E-state index in [1.54, 1.807) is 23.7 Å². The number of rotatable bonds is 2. The Hall–Kier alpha value is -2.30. The molecule has 1 aromatic carbocycles. The quantitative estimate of drug-likeness (QED) is 0.891. The van der Waals surface area contributed by atoms with Gasteiger partial charge in [0.05, 0.1) is 5.52 Å². The van der Waals surface area contributed by atoms with E-state index in [4.69, 9.17) is 0 Å². The van der Waals surface area contributed by atoms with Crippen molar-refractivity contribution in [3.05, 3.63) is 40.7 Å². The Kier molecular flexibility index (Phi) is 3.64. The molecule has 0 aliphatic heterocycles. The van der Waals surface area contributed by atoms with Crippen LogP contribution in [0.1, 0.15) is 25.7 Å². The molecule has 1 saturated carbocycles. The third kappa shape index (κ3) is 2.91. The Labute approximate surface area is 123 Å². The van der Waals surface area contributed by atoms with Crippen molar-refractivity contribution in [3.8, 4) is 0 Å². The molecule has 2 aromatic rings. The number of aryl methyl sites for hydroxylation is 1. The van der Waals surface area contributed by atoms with Crippen LogP contribution in [0.4, 0.5) is 10.5 Å². The van der Waals surface area contributed by atoms with Crippen molar-refractivity contribution in [1.29, 1.82) is 0 Å². The highest BCUT2D eigenvalue weighted by Gasteiger charge is 2.17. The van der Waals surface area contributed by atoms with Crippen LogP contribution in [0.3, 0.4) is 0 Å². The van der Waals surface area contributed by atoms with Gasteiger partial charge in [-0.15, -0.1) is 0 Å². The maximum Gasteiger partial charge on any atom is 0.319 e. The smallest absolute Gasteiger partial charge is 0.319 e. The molecule has 1 heterocycles. The number of pyridine rings is 1. The molecule has 5 nitrogen and oxygen atoms in total. The Morgan fingerprint density at radius 3 is 2.67 bits per heavy atom. The minimum Gasteiger partial charge on any atom is -0.335 e. The monoisotopic (exact) mass is 285 g/mol. The number of amides is 2. The molecule has 2 amide bonds. The number of urea groups is 1. The predicted molar refractivity (Wildman–Crippen MR) is 83.6 cm³/mol. The van der Waals surface area contributed by atoms with Gasteiger partial charge in [0.2, 0.25) is 0 Å². The SMILES string of the molecule is Cn1c(=O)ccc2ccc(NC(=O)NC3CCCC3)cc21. The van der Waals surface area contributed by atoms with Gasteiger partial charge in [0.1, 0.15) is 0 Å². The molecule has 0 unspecified atom stereocenters. The predicted octanol–water partition coefficient (Wildman–Crippen LogP) is 2.60. The maximum atomic E-state index is 12.0. The molecular formula is C16H19N3O2. The summed E-state index contributed by atoms with van der Waals surface area (Å²) in [5, 5.41) is 6.80. The second kappa shape index (κ2) is 5.60. The molecule has 110 valence electrons. The Morgan fingerprint density at radius 1 is 1.19 bits per heavy atom. The topological polar surface area (TPSA) is 63.1 Å². The van der Waals surface area contributed by atoms with Crippen molar-refractivity contribution in [2.75, 3.05) is 5.32 Å². The van der Waals surface area contributed by atoms with Crippen LogP contribution in [0.25, 0.3) is 10.9 Å². The number of carbonyl (C=O) groups excluding carboxylic acids is 1. The standard InChI is InChI=1S/C16H19N3O2/c1-19-14-10-13(8-6-11(14)7-9-15(19)20)18-16(21)17-12-4-2-3-5-12/h6-10,12H,2-5H2,1H3,(H2,17,18,21). The largest absolute Gasteiger partial charge is 0.335 e. The van der Waals surface area contributed by atoms with E-state index in [9.17, 15) is 9.59 Å². The van der Waals surface area contributed by atoms with Crippen molar-refractivity contribution in [1.82, 2.24) is 9.88 Å². The van der Waals surface area contributed by atoms with Gasteiger partial charge >= 0.3 is 6.03 Å². The normalized spacial score (nSPS) is 15.3. The first-order valence-corrected chi connectivity index (χ1v) is 7.31. The minimum absolute atomic E-state index is 0.0601. The van der Waals surface area contributed by atoms with E-state index in [1.165, 1.54) is 12.8 Å². The van der Waals surface area contributed by atoms with Gasteiger partial charge in [-0.2, -0.15) is 0 Å². The Bertz CT molecular complexity index is 730. The van der Waals surface area contributed by atoms with Gasteiger partial charge in [0.25, 0.3) is 5.56 Å². The zero-order valence-electron chi connectivity index (χ0n) is 12.1. The molecule has 21 heavy (non-hydrogen) atoms. The van der Waals surface area contributed by atoms with Crippen molar-refractivity contribution in [2.45, 2.75) is 31.7 Å². The van der Waals surface area contributed by atoms with Crippen LogP contribution in [0.5, 0.6) is 0 Å². The molecule has 0 saturated heterocycles. The Morgan fingerprint density at radius 2 is 1.90 bits per heavy atom. The van der Waals surface area contributed by atoms with Gasteiger partial charge in [-0.25, -0.2) is 4.79 Å². The van der Waals surface area contributed by atoms with Crippen LogP contribution in [-0.2, 0) is 7.05 Å². The molecule has 0 radical (unpaired) electrons. The van der Waals surface area contributed by atoms with Gasteiger partial charge < -0.3 is 15.2 Å². The molecule has 3 rings (SSSR count). The molecule has 1 fully saturated rings. The molecule has 0 bridgehead atoms. The second-order valence-corrected chi connectivity index (χ2v) is 5.58. The van der Waals surface area contributed by atoms with Gasteiger partial charge in [-0.1, -0.05) is 18.9 Å². The first-order chi connectivity index (χ1) is 10.1. The van der Waals surface area contributed by atoms with E-state index in [-0.39, 0.29) is 17.6 Å². The van der Waals surface area contributed by atoms with Gasteiger partial charge in [0.15, 0.2) is 0 Å². The lowest BCUT2D eigenvalue weighted by atomic mass is 10.2. The number of hydrogen-bond acceptors (Lipinski definition) is 2. The van der Waals surface area contributed by atoms with E-state index in [0.29, 0.717) is 5.69 Å². The average Bonchev–Trinajstić information content (AvgIpc) is 2.96. The van der Waals surface area contributed by atoms with Crippen LogP contribution in [0, 0.1) is 0 Å². The zero-order chi connectivity index (χ0) is 14.8. The van der Waals surface area contributed by atoms with E-state index in [0.717, 1.165) is 23.7 Å². The molecule has 1 aromatic heterocycles. The van der Waals surface area contributed by atoms with Crippen LogP contribution in [0.15, 0.2) is 35.1 Å². The van der Waals surface area contributed by atoms with Crippen molar-refractivity contribution >= 4 is 22.6 Å². The lowest BCUT2D eigenvalue weighted by molar-refractivity contribution is 0.248. The molecule has 2 N–H and O–H groups in total. The lowest BCUT2D eigenvalue weighted by Gasteiger charge is -2.13. The number of benzene rings is 1. The van der Waals surface area contributed by atoms with Crippen LogP contribution >= 0.6 is 0 Å². The Balaban J connectivity index is 1.79. The fraction of sp³-hybridized carbons (Fsp3) is 0.375. The molecule has 0 spiro atoms. The van der Waals surface area contributed by atoms with Gasteiger partial charge in [0, 0.05) is 24.8 Å². The highest BCUT2D eigenvalue weighted by Crippen LogP contribution is 2.19. The summed E-state index contributed by atoms with van der Waals surface area (Å²) >= 11 is 0. The molecule has 1 aliphatic rings. The number of carbonyl (C=O) groups is 1. The summed E-state index contributed by atoms with van der Waals surface area (Å²) < 4.78 is 1.58. The maximum absolute atomic E-state index is 12.0. The summed E-state index contributed by atoms with van der Waals surface area (Å²) in [7, 11) is 1.73. The molecule has 1 aliphatic carbocycles. The molecule has 5 heteroatoms. The van der Waals surface area contributed by atoms with Crippen LogP contribution < -0.4 is 16.2 Å². The second-order valence-electron chi connectivity index (χ2n) is 5.58. The van der Waals surface area contributed by atoms with Crippen LogP contribution in [-0.4, -0.2) is 16.6 Å². The van der Waals surface area contributed by atoms with Crippen molar-refractivity contribution in [2.24, 2.45) is 7.05 Å². The zero-order valence-corrected chi connectivity index (χ0v) is 12.1. The van der Waals surface area contributed by atoms with Crippen LogP contribution in [0.2, 0.25) is 0 Å². The summed E-state index contributed by atoms with van der Waals surface area (Å²) in [4.78, 5) is 23.6. The summed E-state index contributed by atoms with van der Waals surface area (Å²) in [5.41, 5.74) is 1.44. The summed E-state index contributed by atoms with van der Waals surface area (Å²) in [5.74, 6) is 0. The van der Waals surface area contributed by atoms with Gasteiger partial charge in [-0.3, -0.25) is 4.79 Å². The third-order valence-electron chi connectivity index (χ3n) is 4.08. The van der Waals surface area contributed by atoms with Crippen molar-refractivity contribution < 1.29 is 4.79 Å². The van der Waals surface area contributed by atoms with E-state index in [1.807, 2.05) is 18.2 Å². The van der Waals surface area contributed by atoms with E-state index < -0.39 is 0 Å². The minimum atomic E-state index is -0.179. The fourth-order valence-electron chi connectivity index (χ4n) is 2.87. The summed E-state index contributed by atoms with van der Waals surface area (Å²) in [6.45, 7) is 0. The first-order valence-electron chi connectivity index (χ1n) is 7.31. The fourth-order valence-corrected chi connectivity index (χ4v) is 2.87. The first kappa shape index (κ1) is 13.7. The third-order valence-corrected chi connectivity index (χ3v) is 4.08. The number of anilines is 1. The van der Waals surface area contributed by atoms with E-state index in [2.05, 4.69) is 10.6 Å². The number of aromatic nitrogens is 1.